The minimum Gasteiger partial charge on any atom is -0.458 e. The average molecular weight is 410 g/mol. The van der Waals surface area contributed by atoms with Crippen molar-refractivity contribution < 1.29 is 38.7 Å². The van der Waals surface area contributed by atoms with Crippen LogP contribution >= 0.6 is 0 Å². The largest absolute Gasteiger partial charge is 0.458 e. The summed E-state index contributed by atoms with van der Waals surface area (Å²) in [7, 11) is 1.52. The molecule has 0 unspecified atom stereocenters. The van der Waals surface area contributed by atoms with Gasteiger partial charge >= 0.3 is 11.9 Å². The number of rotatable bonds is 4. The number of allylic oxidation sites excluding steroid dienone is 1. The fraction of sp³-hybridized carbons (Fsp3) is 0.714. The number of hydrogen-bond donors (Lipinski definition) is 2. The molecule has 3 aliphatic rings. The van der Waals surface area contributed by atoms with Crippen LogP contribution < -0.4 is 0 Å². The van der Waals surface area contributed by atoms with Crippen LogP contribution in [0.1, 0.15) is 40.0 Å². The molecule has 3 saturated heterocycles. The number of esters is 2. The minimum atomic E-state index is -1.65. The summed E-state index contributed by atoms with van der Waals surface area (Å²) in [5, 5.41) is 21.1. The van der Waals surface area contributed by atoms with Crippen LogP contribution in [0.15, 0.2) is 23.8 Å². The molecule has 0 aromatic carbocycles. The zero-order valence-corrected chi connectivity index (χ0v) is 17.3. The predicted octanol–water partition coefficient (Wildman–Crippen LogP) is 1.25. The van der Waals surface area contributed by atoms with E-state index < -0.39 is 53.5 Å². The highest BCUT2D eigenvalue weighted by molar-refractivity contribution is 5.91. The Morgan fingerprint density at radius 2 is 2.10 bits per heavy atom. The first-order valence-electron chi connectivity index (χ1n) is 9.88. The number of ether oxygens (including phenoxy) is 4. The van der Waals surface area contributed by atoms with Crippen LogP contribution in [0.3, 0.4) is 0 Å². The normalized spacial score (nSPS) is 42.6. The second-order valence-electron chi connectivity index (χ2n) is 8.42. The Hall–Kier alpha value is -1.74. The molecule has 3 aliphatic heterocycles. The molecule has 2 bridgehead atoms. The van der Waals surface area contributed by atoms with Gasteiger partial charge in [0, 0.05) is 37.0 Å². The maximum Gasteiger partial charge on any atom is 0.334 e. The van der Waals surface area contributed by atoms with E-state index in [1.807, 2.05) is 0 Å². The monoisotopic (exact) mass is 410 g/mol. The molecular formula is C21H30O8. The molecule has 3 rings (SSSR count). The second kappa shape index (κ2) is 7.83. The average Bonchev–Trinajstić information content (AvgIpc) is 3.11. The van der Waals surface area contributed by atoms with Gasteiger partial charge in [-0.05, 0) is 27.2 Å². The van der Waals surface area contributed by atoms with Gasteiger partial charge in [-0.25, -0.2) is 9.59 Å². The lowest BCUT2D eigenvalue weighted by Crippen LogP contribution is -2.45. The maximum absolute atomic E-state index is 12.5. The topological polar surface area (TPSA) is 112 Å². The van der Waals surface area contributed by atoms with E-state index >= 15 is 0 Å². The third-order valence-corrected chi connectivity index (χ3v) is 6.57. The number of carbonyl (C=O) groups is 2. The van der Waals surface area contributed by atoms with Gasteiger partial charge in [-0.2, -0.15) is 0 Å². The van der Waals surface area contributed by atoms with Crippen LogP contribution in [0.25, 0.3) is 0 Å². The Morgan fingerprint density at radius 1 is 1.41 bits per heavy atom. The second-order valence-corrected chi connectivity index (χ2v) is 8.42. The molecule has 0 aromatic heterocycles. The number of aliphatic hydroxyl groups excluding tert-OH is 1. The summed E-state index contributed by atoms with van der Waals surface area (Å²) in [5.74, 6) is -4.03. The molecular weight excluding hydrogens is 380 g/mol. The van der Waals surface area contributed by atoms with Crippen LogP contribution in [0.4, 0.5) is 0 Å². The zero-order valence-electron chi connectivity index (χ0n) is 17.3. The summed E-state index contributed by atoms with van der Waals surface area (Å²) < 4.78 is 22.9. The quantitative estimate of drug-likeness (QED) is 0.526. The molecule has 0 saturated carbocycles. The molecule has 0 amide bonds. The van der Waals surface area contributed by atoms with E-state index in [-0.39, 0.29) is 31.4 Å². The van der Waals surface area contributed by atoms with Gasteiger partial charge in [0.25, 0.3) is 0 Å². The molecule has 0 radical (unpaired) electrons. The highest BCUT2D eigenvalue weighted by Crippen LogP contribution is 2.50. The van der Waals surface area contributed by atoms with Crippen molar-refractivity contribution in [3.63, 3.8) is 0 Å². The SMILES string of the molecule is C=C1C(=O)O[C@@H]2C[C@H](CO)[C@]3(O)C[C@@H](OC)[C@](C)(C[C@@H](OC(=O)/C(C)=C\C)[C@@H]12)O3. The van der Waals surface area contributed by atoms with Gasteiger partial charge in [-0.3, -0.25) is 0 Å². The van der Waals surface area contributed by atoms with Crippen molar-refractivity contribution in [3.8, 4) is 0 Å². The molecule has 2 N–H and O–H groups in total. The highest BCUT2D eigenvalue weighted by atomic mass is 16.7. The molecule has 7 atom stereocenters. The van der Waals surface area contributed by atoms with Gasteiger partial charge in [0.1, 0.15) is 12.2 Å². The Bertz CT molecular complexity index is 730. The van der Waals surface area contributed by atoms with Crippen molar-refractivity contribution >= 4 is 11.9 Å². The first-order valence-corrected chi connectivity index (χ1v) is 9.88. The summed E-state index contributed by atoms with van der Waals surface area (Å²) in [6.45, 7) is 8.65. The molecule has 0 spiro atoms. The van der Waals surface area contributed by atoms with Gasteiger partial charge in [-0.1, -0.05) is 12.7 Å². The van der Waals surface area contributed by atoms with E-state index in [0.717, 1.165) is 0 Å². The molecule has 29 heavy (non-hydrogen) atoms. The molecule has 3 heterocycles. The fourth-order valence-electron chi connectivity index (χ4n) is 4.73. The van der Waals surface area contributed by atoms with Gasteiger partial charge in [-0.15, -0.1) is 0 Å². The maximum atomic E-state index is 12.5. The Balaban J connectivity index is 2.05. The van der Waals surface area contributed by atoms with Crippen molar-refractivity contribution in [2.24, 2.45) is 11.8 Å². The lowest BCUT2D eigenvalue weighted by atomic mass is 9.77. The van der Waals surface area contributed by atoms with E-state index in [2.05, 4.69) is 6.58 Å². The van der Waals surface area contributed by atoms with Crippen molar-refractivity contribution in [3.05, 3.63) is 23.8 Å². The number of hydrogen-bond acceptors (Lipinski definition) is 8. The van der Waals surface area contributed by atoms with Crippen LogP contribution in [0, 0.1) is 11.8 Å². The molecule has 3 fully saturated rings. The van der Waals surface area contributed by atoms with E-state index in [0.29, 0.717) is 5.57 Å². The number of fused-ring (bicyclic) bond motifs is 3. The van der Waals surface area contributed by atoms with Crippen molar-refractivity contribution in [2.45, 2.75) is 69.7 Å². The number of methoxy groups -OCH3 is 1. The predicted molar refractivity (Wildman–Crippen MR) is 101 cm³/mol. The summed E-state index contributed by atoms with van der Waals surface area (Å²) >= 11 is 0. The number of aliphatic hydroxyl groups is 2. The smallest absolute Gasteiger partial charge is 0.334 e. The minimum absolute atomic E-state index is 0.144. The summed E-state index contributed by atoms with van der Waals surface area (Å²) in [6, 6.07) is 0. The molecule has 0 aromatic rings. The summed E-state index contributed by atoms with van der Waals surface area (Å²) in [6.07, 6.45) is 0.153. The summed E-state index contributed by atoms with van der Waals surface area (Å²) in [5.41, 5.74) is -0.361. The van der Waals surface area contributed by atoms with E-state index in [9.17, 15) is 19.8 Å². The van der Waals surface area contributed by atoms with E-state index in [4.69, 9.17) is 18.9 Å². The van der Waals surface area contributed by atoms with Crippen molar-refractivity contribution in [1.29, 1.82) is 0 Å². The van der Waals surface area contributed by atoms with Crippen LogP contribution in [0.2, 0.25) is 0 Å². The first kappa shape index (κ1) is 22.0. The van der Waals surface area contributed by atoms with Gasteiger partial charge < -0.3 is 29.2 Å². The van der Waals surface area contributed by atoms with Crippen molar-refractivity contribution in [1.82, 2.24) is 0 Å². The fourth-order valence-corrected chi connectivity index (χ4v) is 4.73. The molecule has 162 valence electrons. The standard InChI is InChI=1S/C21H30O8/c1-6-11(2)18(23)28-15-8-20(4)16(26-5)9-21(25,29-20)13(10-22)7-14-17(15)12(3)19(24)27-14/h6,13-17,22,25H,3,7-10H2,1-2,4-5H3/b11-6-/t13-,14-,15-,16-,17+,20+,21+/m1/s1. The Labute approximate surface area is 170 Å². The van der Waals surface area contributed by atoms with Crippen LogP contribution in [-0.2, 0) is 28.5 Å². The first-order chi connectivity index (χ1) is 13.6. The highest BCUT2D eigenvalue weighted by Gasteiger charge is 2.61. The van der Waals surface area contributed by atoms with Crippen molar-refractivity contribution in [2.75, 3.05) is 13.7 Å². The Morgan fingerprint density at radius 3 is 2.69 bits per heavy atom. The molecule has 8 heteroatoms. The lowest BCUT2D eigenvalue weighted by molar-refractivity contribution is -0.260. The zero-order chi connectivity index (χ0) is 21.6. The third-order valence-electron chi connectivity index (χ3n) is 6.57. The molecule has 0 aliphatic carbocycles. The third kappa shape index (κ3) is 3.74. The van der Waals surface area contributed by atoms with E-state index in [1.54, 1.807) is 26.8 Å². The lowest BCUT2D eigenvalue weighted by Gasteiger charge is -2.35. The number of carbonyl (C=O) groups excluding carboxylic acids is 2. The van der Waals surface area contributed by atoms with Crippen LogP contribution in [-0.4, -0.2) is 65.6 Å². The van der Waals surface area contributed by atoms with E-state index in [1.165, 1.54) is 7.11 Å². The summed E-state index contributed by atoms with van der Waals surface area (Å²) in [4.78, 5) is 24.8. The molecule has 8 nitrogen and oxygen atoms in total. The Kier molecular flexibility index (Phi) is 5.93. The van der Waals surface area contributed by atoms with Gasteiger partial charge in [0.15, 0.2) is 5.79 Å². The van der Waals surface area contributed by atoms with Crippen LogP contribution in [0.5, 0.6) is 0 Å². The van der Waals surface area contributed by atoms with Gasteiger partial charge in [0.05, 0.1) is 24.2 Å². The van der Waals surface area contributed by atoms with Gasteiger partial charge in [0.2, 0.25) is 0 Å².